The fraction of sp³-hybridized carbons (Fsp3) is 0.346. The summed E-state index contributed by atoms with van der Waals surface area (Å²) in [6.07, 6.45) is 3.79. The summed E-state index contributed by atoms with van der Waals surface area (Å²) in [7, 11) is 0. The molecule has 3 atom stereocenters. The molecule has 1 saturated heterocycles. The van der Waals surface area contributed by atoms with Crippen LogP contribution in [-0.4, -0.2) is 17.9 Å². The van der Waals surface area contributed by atoms with E-state index in [0.29, 0.717) is 5.56 Å². The molecule has 5 heteroatoms. The van der Waals surface area contributed by atoms with Gasteiger partial charge in [-0.15, -0.1) is 0 Å². The molecule has 0 saturated carbocycles. The van der Waals surface area contributed by atoms with Crippen LogP contribution in [0.25, 0.3) is 6.08 Å². The number of aryl methyl sites for hydroxylation is 1. The van der Waals surface area contributed by atoms with Crippen molar-refractivity contribution in [2.45, 2.75) is 45.7 Å². The molecule has 0 radical (unpaired) electrons. The smallest absolute Gasteiger partial charge is 0.176 e. The Kier molecular flexibility index (Phi) is 4.74. The standard InChI is InChI=1S/C26H24FN3O/c1-16-5-11-20-18(13-16)8-12-21-26(14-28,15-29)22(17-6-9-19(27)10-7-17)23(30(20)21)24(31)25(2,3)4/h5-13,21-23H,1-4H3/t21-,22-,23+/m0/s1. The number of Topliss-reactive ketones (excluding diaryl/α,β-unsaturated/α-hetero) is 1. The summed E-state index contributed by atoms with van der Waals surface area (Å²) in [6, 6.07) is 15.0. The van der Waals surface area contributed by atoms with Gasteiger partial charge < -0.3 is 4.90 Å². The van der Waals surface area contributed by atoms with Crippen molar-refractivity contribution in [3.05, 3.63) is 71.0 Å². The van der Waals surface area contributed by atoms with Gasteiger partial charge in [0.05, 0.1) is 24.2 Å². The second kappa shape index (κ2) is 7.06. The largest absolute Gasteiger partial charge is 0.351 e. The first-order valence-corrected chi connectivity index (χ1v) is 10.3. The van der Waals surface area contributed by atoms with Gasteiger partial charge in [0.25, 0.3) is 0 Å². The number of fused-ring (bicyclic) bond motifs is 3. The molecule has 0 amide bonds. The van der Waals surface area contributed by atoms with Gasteiger partial charge in [0.1, 0.15) is 5.82 Å². The molecule has 2 aliphatic heterocycles. The molecule has 2 aromatic carbocycles. The summed E-state index contributed by atoms with van der Waals surface area (Å²) in [5, 5.41) is 20.6. The van der Waals surface area contributed by atoms with E-state index in [9.17, 15) is 19.7 Å². The summed E-state index contributed by atoms with van der Waals surface area (Å²) in [4.78, 5) is 15.8. The number of hydrogen-bond acceptors (Lipinski definition) is 4. The van der Waals surface area contributed by atoms with E-state index in [1.165, 1.54) is 12.1 Å². The van der Waals surface area contributed by atoms with Crippen LogP contribution < -0.4 is 4.90 Å². The monoisotopic (exact) mass is 413 g/mol. The zero-order valence-electron chi connectivity index (χ0n) is 18.1. The van der Waals surface area contributed by atoms with E-state index < -0.39 is 34.6 Å². The Bertz CT molecular complexity index is 1150. The number of carbonyl (C=O) groups is 1. The van der Waals surface area contributed by atoms with Crippen molar-refractivity contribution in [1.82, 2.24) is 0 Å². The Hall–Kier alpha value is -3.44. The first kappa shape index (κ1) is 20.8. The number of halogens is 1. The lowest BCUT2D eigenvalue weighted by Crippen LogP contribution is -2.47. The van der Waals surface area contributed by atoms with Crippen molar-refractivity contribution >= 4 is 17.5 Å². The first-order valence-electron chi connectivity index (χ1n) is 10.3. The molecule has 0 unspecified atom stereocenters. The second-order valence-corrected chi connectivity index (χ2v) is 9.45. The van der Waals surface area contributed by atoms with Gasteiger partial charge in [-0.25, -0.2) is 4.39 Å². The van der Waals surface area contributed by atoms with Crippen molar-refractivity contribution < 1.29 is 9.18 Å². The van der Waals surface area contributed by atoms with Crippen LogP contribution in [0.4, 0.5) is 10.1 Å². The highest BCUT2D eigenvalue weighted by molar-refractivity contribution is 5.96. The highest BCUT2D eigenvalue weighted by atomic mass is 19.1. The third kappa shape index (κ3) is 3.04. The molecule has 156 valence electrons. The predicted molar refractivity (Wildman–Crippen MR) is 118 cm³/mol. The van der Waals surface area contributed by atoms with Crippen molar-refractivity contribution in [3.63, 3.8) is 0 Å². The van der Waals surface area contributed by atoms with Crippen LogP contribution in [-0.2, 0) is 4.79 Å². The van der Waals surface area contributed by atoms with Gasteiger partial charge in [0.15, 0.2) is 11.2 Å². The molecule has 0 aromatic heterocycles. The molecule has 0 N–H and O–H groups in total. The minimum Gasteiger partial charge on any atom is -0.351 e. The Labute approximate surface area is 182 Å². The highest BCUT2D eigenvalue weighted by Crippen LogP contribution is 2.56. The number of hydrogen-bond donors (Lipinski definition) is 0. The van der Waals surface area contributed by atoms with E-state index in [1.54, 1.807) is 12.1 Å². The maximum atomic E-state index is 13.8. The molecule has 2 heterocycles. The minimum absolute atomic E-state index is 0.0546. The molecule has 31 heavy (non-hydrogen) atoms. The third-order valence-corrected chi connectivity index (χ3v) is 6.40. The molecule has 4 nitrogen and oxygen atoms in total. The van der Waals surface area contributed by atoms with Crippen LogP contribution in [0.5, 0.6) is 0 Å². The second-order valence-electron chi connectivity index (χ2n) is 9.45. The van der Waals surface area contributed by atoms with Gasteiger partial charge in [0, 0.05) is 17.0 Å². The Balaban J connectivity index is 2.03. The highest BCUT2D eigenvalue weighted by Gasteiger charge is 2.64. The normalized spacial score (nSPS) is 23.5. The summed E-state index contributed by atoms with van der Waals surface area (Å²) >= 11 is 0. The molecule has 0 spiro atoms. The quantitative estimate of drug-likeness (QED) is 0.683. The SMILES string of the molecule is Cc1ccc2c(c1)C=C[C@@H]1N2[C@@H](C(=O)C(C)(C)C)[C@H](c2ccc(F)cc2)C1(C#N)C#N. The molecule has 2 aromatic rings. The lowest BCUT2D eigenvalue weighted by Gasteiger charge is -2.37. The van der Waals surface area contributed by atoms with E-state index in [0.717, 1.165) is 16.8 Å². The van der Waals surface area contributed by atoms with Gasteiger partial charge in [0.2, 0.25) is 0 Å². The van der Waals surface area contributed by atoms with E-state index in [4.69, 9.17) is 0 Å². The number of nitriles is 2. The number of rotatable bonds is 2. The van der Waals surface area contributed by atoms with Crippen molar-refractivity contribution in [1.29, 1.82) is 10.5 Å². The average Bonchev–Trinajstić information content (AvgIpc) is 3.03. The minimum atomic E-state index is -1.50. The van der Waals surface area contributed by atoms with Crippen molar-refractivity contribution in [2.75, 3.05) is 4.90 Å². The molecule has 0 aliphatic carbocycles. The summed E-state index contributed by atoms with van der Waals surface area (Å²) in [5.74, 6) is -1.18. The van der Waals surface area contributed by atoms with Gasteiger partial charge in [-0.2, -0.15) is 10.5 Å². The summed E-state index contributed by atoms with van der Waals surface area (Å²) < 4.78 is 13.7. The van der Waals surface area contributed by atoms with Crippen LogP contribution >= 0.6 is 0 Å². The number of benzene rings is 2. The molecular formula is C26H24FN3O. The van der Waals surface area contributed by atoms with Crippen LogP contribution in [0.3, 0.4) is 0 Å². The average molecular weight is 413 g/mol. The van der Waals surface area contributed by atoms with Crippen LogP contribution in [0.15, 0.2) is 48.5 Å². The van der Waals surface area contributed by atoms with Gasteiger partial charge >= 0.3 is 0 Å². The van der Waals surface area contributed by atoms with Gasteiger partial charge in [-0.3, -0.25) is 4.79 Å². The van der Waals surface area contributed by atoms with E-state index in [1.807, 2.05) is 62.9 Å². The maximum Gasteiger partial charge on any atom is 0.176 e. The summed E-state index contributed by atoms with van der Waals surface area (Å²) in [5.41, 5.74) is 1.29. The Morgan fingerprint density at radius 3 is 2.32 bits per heavy atom. The third-order valence-electron chi connectivity index (χ3n) is 6.40. The van der Waals surface area contributed by atoms with Crippen LogP contribution in [0, 0.1) is 46.2 Å². The zero-order chi connectivity index (χ0) is 22.6. The van der Waals surface area contributed by atoms with Gasteiger partial charge in [-0.1, -0.05) is 56.7 Å². The van der Waals surface area contributed by atoms with Crippen molar-refractivity contribution in [2.24, 2.45) is 10.8 Å². The fourth-order valence-corrected chi connectivity index (χ4v) is 4.90. The molecule has 0 bridgehead atoms. The number of nitrogens with zero attached hydrogens (tertiary/aromatic N) is 3. The number of ketones is 1. The van der Waals surface area contributed by atoms with E-state index in [-0.39, 0.29) is 5.78 Å². The predicted octanol–water partition coefficient (Wildman–Crippen LogP) is 5.15. The van der Waals surface area contributed by atoms with Crippen LogP contribution in [0.2, 0.25) is 0 Å². The van der Waals surface area contributed by atoms with Gasteiger partial charge in [-0.05, 0) is 42.3 Å². The Morgan fingerprint density at radius 2 is 1.74 bits per heavy atom. The fourth-order valence-electron chi connectivity index (χ4n) is 4.90. The first-order chi connectivity index (χ1) is 14.6. The molecule has 2 aliphatic rings. The lowest BCUT2D eigenvalue weighted by molar-refractivity contribution is -0.127. The maximum absolute atomic E-state index is 13.8. The molecule has 4 rings (SSSR count). The van der Waals surface area contributed by atoms with E-state index >= 15 is 0 Å². The summed E-state index contributed by atoms with van der Waals surface area (Å²) in [6.45, 7) is 7.54. The van der Waals surface area contributed by atoms with Crippen molar-refractivity contribution in [3.8, 4) is 12.1 Å². The van der Waals surface area contributed by atoms with E-state index in [2.05, 4.69) is 12.1 Å². The topological polar surface area (TPSA) is 67.9 Å². The Morgan fingerprint density at radius 1 is 1.10 bits per heavy atom. The van der Waals surface area contributed by atoms with Crippen LogP contribution in [0.1, 0.15) is 43.4 Å². The number of carbonyl (C=O) groups excluding carboxylic acids is 1. The molecule has 1 fully saturated rings. The molecular weight excluding hydrogens is 389 g/mol. The lowest BCUT2D eigenvalue weighted by atomic mass is 9.68. The zero-order valence-corrected chi connectivity index (χ0v) is 18.1. The number of anilines is 1.